The van der Waals surface area contributed by atoms with Crippen molar-refractivity contribution < 1.29 is 9.47 Å². The number of fused-ring (bicyclic) bond motifs is 10. The second-order valence-electron chi connectivity index (χ2n) is 26.3. The highest BCUT2D eigenvalue weighted by atomic mass is 16.5. The zero-order valence-corrected chi connectivity index (χ0v) is 48.6. The summed E-state index contributed by atoms with van der Waals surface area (Å²) in [6.45, 7) is -0.266. The average Bonchev–Trinajstić information content (AvgIpc) is 0.927. The molecule has 84 heavy (non-hydrogen) atoms. The molecule has 17 rings (SSSR count). The van der Waals surface area contributed by atoms with Gasteiger partial charge >= 0.3 is 0 Å². The van der Waals surface area contributed by atoms with E-state index in [4.69, 9.17) is 9.47 Å². The second-order valence-corrected chi connectivity index (χ2v) is 26.3. The fourth-order valence-corrected chi connectivity index (χ4v) is 17.3. The molecule has 0 bridgehead atoms. The number of anilines is 6. The molecule has 8 aliphatic rings. The van der Waals surface area contributed by atoms with Crippen LogP contribution < -0.4 is 52.1 Å². The lowest BCUT2D eigenvalue weighted by Gasteiger charge is -2.47. The molecule has 0 amide bonds. The summed E-state index contributed by atoms with van der Waals surface area (Å²) in [5.41, 5.74) is 25.1. The minimum Gasteiger partial charge on any atom is -0.456 e. The largest absolute Gasteiger partial charge is 0.456 e. The van der Waals surface area contributed by atoms with Gasteiger partial charge in [-0.1, -0.05) is 211 Å². The van der Waals surface area contributed by atoms with Gasteiger partial charge in [0.1, 0.15) is 23.0 Å². The molecule has 4 aliphatic carbocycles. The molecule has 4 fully saturated rings. The van der Waals surface area contributed by atoms with E-state index in [1.807, 2.05) is 0 Å². The van der Waals surface area contributed by atoms with Gasteiger partial charge in [0.25, 0.3) is 13.4 Å². The number of hydrogen-bond donors (Lipinski definition) is 0. The van der Waals surface area contributed by atoms with Crippen molar-refractivity contribution in [3.05, 3.63) is 204 Å². The normalized spacial score (nSPS) is 18.4. The van der Waals surface area contributed by atoms with Gasteiger partial charge in [0.15, 0.2) is 0 Å². The van der Waals surface area contributed by atoms with Crippen molar-refractivity contribution in [2.75, 3.05) is 9.80 Å². The van der Waals surface area contributed by atoms with Crippen molar-refractivity contribution >= 4 is 80.3 Å². The van der Waals surface area contributed by atoms with Crippen molar-refractivity contribution in [1.82, 2.24) is 0 Å². The summed E-state index contributed by atoms with van der Waals surface area (Å²) in [6.07, 6.45) is 25.8. The molecule has 4 nitrogen and oxygen atoms in total. The molecule has 9 aromatic rings. The molecule has 6 heteroatoms. The molecule has 4 heterocycles. The summed E-state index contributed by atoms with van der Waals surface area (Å²) in [5.74, 6) is 6.05. The first-order chi connectivity index (χ1) is 41.7. The maximum absolute atomic E-state index is 8.05. The van der Waals surface area contributed by atoms with Crippen molar-refractivity contribution in [3.63, 3.8) is 0 Å². The molecule has 9 aromatic carbocycles. The van der Waals surface area contributed by atoms with Gasteiger partial charge in [-0.05, 0) is 190 Å². The van der Waals surface area contributed by atoms with Crippen molar-refractivity contribution in [2.24, 2.45) is 0 Å². The standard InChI is InChI=1S/C78H74B2N2O2/c1-7-19-51(20-8-1)57-31-39-63(40-32-57)81-69-45-37-59(53-23-11-3-12-24-53)47-67(69)79-65-43-35-62(56-29-17-6-18-30-56)50-72(65)84-78-73(79)75(81)77-74-76(78)82(64-41-33-58(34-42-64)52-21-9-2-10-22-52)70-46-38-60(54-25-13-4-14-26-54)48-68(70)80(74)66-44-36-61(49-71(66)83-77)55-27-15-5-16-28-55/h5-6,15-18,27-54H,1-4,7-14,19-26H2. The van der Waals surface area contributed by atoms with Crippen LogP contribution >= 0.6 is 0 Å². The Labute approximate surface area is 498 Å². The van der Waals surface area contributed by atoms with Crippen LogP contribution in [-0.2, 0) is 0 Å². The SMILES string of the molecule is c1ccc(-c2ccc3c(c2)Oc2c4c(c5c6c2N(c2ccc(C7CCCCC7)cc2)c2ccc(C7CCCCC7)cc2B6c2ccc(-c6ccccc6)cc2O5)N(c2ccc(C5CCCCC5)cc2)c2ccc(C5CCCCC5)cc2B34)cc1. The minimum atomic E-state index is -0.133. The number of hydrogen-bond acceptors (Lipinski definition) is 4. The molecule has 0 N–H and O–H groups in total. The van der Waals surface area contributed by atoms with Gasteiger partial charge < -0.3 is 19.3 Å². The first-order valence-electron chi connectivity index (χ1n) is 32.7. The van der Waals surface area contributed by atoms with Gasteiger partial charge in [-0.25, -0.2) is 0 Å². The zero-order chi connectivity index (χ0) is 55.2. The fourth-order valence-electron chi connectivity index (χ4n) is 17.3. The molecule has 0 unspecified atom stereocenters. The number of rotatable bonds is 8. The van der Waals surface area contributed by atoms with E-state index < -0.39 is 0 Å². The molecule has 0 saturated heterocycles. The Kier molecular flexibility index (Phi) is 12.8. The lowest BCUT2D eigenvalue weighted by molar-refractivity contribution is 0.443. The molecule has 4 aliphatic heterocycles. The van der Waals surface area contributed by atoms with E-state index in [0.29, 0.717) is 23.7 Å². The number of ether oxygens (including phenoxy) is 2. The maximum atomic E-state index is 8.05. The van der Waals surface area contributed by atoms with Crippen LogP contribution in [0, 0.1) is 0 Å². The van der Waals surface area contributed by atoms with Crippen LogP contribution in [-0.4, -0.2) is 13.4 Å². The molecular weight excluding hydrogens is 1020 g/mol. The number of benzene rings is 9. The van der Waals surface area contributed by atoms with Crippen molar-refractivity contribution in [1.29, 1.82) is 0 Å². The Morgan fingerprint density at radius 3 is 1.01 bits per heavy atom. The number of nitrogens with zero attached hydrogens (tertiary/aromatic N) is 2. The van der Waals surface area contributed by atoms with Gasteiger partial charge in [0.2, 0.25) is 0 Å². The average molecular weight is 1090 g/mol. The first-order valence-corrected chi connectivity index (χ1v) is 32.7. The van der Waals surface area contributed by atoms with E-state index in [-0.39, 0.29) is 13.4 Å². The van der Waals surface area contributed by atoms with Crippen LogP contribution in [0.25, 0.3) is 22.3 Å². The summed E-state index contributed by atoms with van der Waals surface area (Å²) >= 11 is 0. The highest BCUT2D eigenvalue weighted by Gasteiger charge is 2.52. The maximum Gasteiger partial charge on any atom is 0.256 e. The Bertz CT molecular complexity index is 3710. The molecular formula is C78H74B2N2O2. The van der Waals surface area contributed by atoms with Crippen molar-refractivity contribution in [3.8, 4) is 45.3 Å². The van der Waals surface area contributed by atoms with E-state index in [2.05, 4.69) is 192 Å². The third-order valence-electron chi connectivity index (χ3n) is 21.6. The predicted molar refractivity (Wildman–Crippen MR) is 352 cm³/mol. The van der Waals surface area contributed by atoms with Gasteiger partial charge in [0, 0.05) is 33.7 Å². The van der Waals surface area contributed by atoms with Crippen LogP contribution in [0.15, 0.2) is 182 Å². The third kappa shape index (κ3) is 8.54. The highest BCUT2D eigenvalue weighted by molar-refractivity contribution is 7.02. The van der Waals surface area contributed by atoms with Crippen LogP contribution in [0.1, 0.15) is 174 Å². The van der Waals surface area contributed by atoms with Crippen LogP contribution in [0.2, 0.25) is 0 Å². The highest BCUT2D eigenvalue weighted by Crippen LogP contribution is 2.55. The Morgan fingerprint density at radius 1 is 0.298 bits per heavy atom. The van der Waals surface area contributed by atoms with Crippen LogP contribution in [0.3, 0.4) is 0 Å². The fraction of sp³-hybridized carbons (Fsp3) is 0.308. The molecule has 4 saturated carbocycles. The summed E-state index contributed by atoms with van der Waals surface area (Å²) in [5, 5.41) is 0. The Balaban J connectivity index is 0.973. The molecule has 0 spiro atoms. The van der Waals surface area contributed by atoms with Crippen LogP contribution in [0.5, 0.6) is 23.0 Å². The summed E-state index contributed by atoms with van der Waals surface area (Å²) in [6, 6.07) is 70.9. The van der Waals surface area contributed by atoms with Crippen LogP contribution in [0.4, 0.5) is 34.1 Å². The third-order valence-corrected chi connectivity index (χ3v) is 21.6. The summed E-state index contributed by atoms with van der Waals surface area (Å²) in [4.78, 5) is 5.26. The Hall–Kier alpha value is -7.69. The minimum absolute atomic E-state index is 0.133. The molecule has 414 valence electrons. The van der Waals surface area contributed by atoms with E-state index in [0.717, 1.165) is 45.5 Å². The Morgan fingerprint density at radius 2 is 0.643 bits per heavy atom. The first kappa shape index (κ1) is 50.8. The molecule has 0 atom stereocenters. The molecule has 0 aromatic heterocycles. The lowest BCUT2D eigenvalue weighted by Crippen LogP contribution is -2.64. The van der Waals surface area contributed by atoms with Gasteiger partial charge in [-0.15, -0.1) is 0 Å². The zero-order valence-electron chi connectivity index (χ0n) is 48.6. The van der Waals surface area contributed by atoms with Crippen molar-refractivity contribution in [2.45, 2.75) is 152 Å². The summed E-state index contributed by atoms with van der Waals surface area (Å²) < 4.78 is 16.1. The second kappa shape index (κ2) is 21.1. The van der Waals surface area contributed by atoms with E-state index in [9.17, 15) is 0 Å². The van der Waals surface area contributed by atoms with E-state index in [1.54, 1.807) is 0 Å². The summed E-state index contributed by atoms with van der Waals surface area (Å²) in [7, 11) is 0. The van der Waals surface area contributed by atoms with E-state index in [1.165, 1.54) is 217 Å². The smallest absolute Gasteiger partial charge is 0.256 e. The van der Waals surface area contributed by atoms with Gasteiger partial charge in [-0.2, -0.15) is 0 Å². The lowest BCUT2D eigenvalue weighted by atomic mass is 9.31. The topological polar surface area (TPSA) is 24.9 Å². The quantitative estimate of drug-likeness (QED) is 0.142. The van der Waals surface area contributed by atoms with Gasteiger partial charge in [0.05, 0.1) is 11.4 Å². The van der Waals surface area contributed by atoms with E-state index >= 15 is 0 Å². The predicted octanol–water partition coefficient (Wildman–Crippen LogP) is 18.0. The van der Waals surface area contributed by atoms with Gasteiger partial charge in [-0.3, -0.25) is 0 Å². The monoisotopic (exact) mass is 1090 g/mol. The molecule has 0 radical (unpaired) electrons.